The van der Waals surface area contributed by atoms with Crippen LogP contribution in [0.25, 0.3) is 0 Å². The molecule has 2 aromatic carbocycles. The van der Waals surface area contributed by atoms with Gasteiger partial charge in [-0.05, 0) is 91.7 Å². The zero-order valence-electron chi connectivity index (χ0n) is 18.3. The van der Waals surface area contributed by atoms with Crippen LogP contribution in [0.4, 0.5) is 0 Å². The lowest BCUT2D eigenvalue weighted by molar-refractivity contribution is 0.376. The Bertz CT molecular complexity index is 803. The smallest absolute Gasteiger partial charge is 0.0249 e. The third kappa shape index (κ3) is 6.93. The standard InChI is InChI=1S/C29H36/c1-3-5-6-9-26-16-20-28(21-17-26)29-22-18-27(19-23-29)11-8-7-10-25-14-12-24(4-2)13-15-25/h8,11-17,20-21,27,29H,3-6,9,18-19,22-23H2,1-2H3/t27-,29-. The van der Waals surface area contributed by atoms with Gasteiger partial charge in [-0.2, -0.15) is 0 Å². The molecule has 0 atom stereocenters. The van der Waals surface area contributed by atoms with Gasteiger partial charge in [0.2, 0.25) is 0 Å². The van der Waals surface area contributed by atoms with Crippen LogP contribution in [0.15, 0.2) is 60.7 Å². The van der Waals surface area contributed by atoms with Crippen molar-refractivity contribution in [1.29, 1.82) is 0 Å². The fraction of sp³-hybridized carbons (Fsp3) is 0.448. The highest BCUT2D eigenvalue weighted by Crippen LogP contribution is 2.36. The van der Waals surface area contributed by atoms with Gasteiger partial charge < -0.3 is 0 Å². The van der Waals surface area contributed by atoms with Gasteiger partial charge in [0.25, 0.3) is 0 Å². The molecule has 0 radical (unpaired) electrons. The van der Waals surface area contributed by atoms with Crippen molar-refractivity contribution in [3.05, 3.63) is 82.9 Å². The molecule has 0 aromatic heterocycles. The lowest BCUT2D eigenvalue weighted by Gasteiger charge is -2.27. The average Bonchev–Trinajstić information content (AvgIpc) is 2.78. The first kappa shape index (κ1) is 21.4. The van der Waals surface area contributed by atoms with Crippen molar-refractivity contribution in [3.8, 4) is 11.8 Å². The number of aryl methyl sites for hydroxylation is 2. The largest absolute Gasteiger partial charge is 0.0730 e. The van der Waals surface area contributed by atoms with Gasteiger partial charge in [0, 0.05) is 5.56 Å². The molecule has 1 fully saturated rings. The van der Waals surface area contributed by atoms with Crippen molar-refractivity contribution in [2.75, 3.05) is 0 Å². The Kier molecular flexibility index (Phi) is 8.63. The average molecular weight is 385 g/mol. The normalized spacial score (nSPS) is 19.1. The summed E-state index contributed by atoms with van der Waals surface area (Å²) in [7, 11) is 0. The fourth-order valence-electron chi connectivity index (χ4n) is 4.31. The molecular formula is C29H36. The van der Waals surface area contributed by atoms with Gasteiger partial charge in [0.15, 0.2) is 0 Å². The van der Waals surface area contributed by atoms with Crippen LogP contribution in [0.1, 0.15) is 87.0 Å². The van der Waals surface area contributed by atoms with E-state index < -0.39 is 0 Å². The molecule has 0 saturated heterocycles. The number of allylic oxidation sites excluding steroid dienone is 2. The summed E-state index contributed by atoms with van der Waals surface area (Å²) in [5.41, 5.74) is 5.52. The molecule has 1 saturated carbocycles. The Morgan fingerprint density at radius 1 is 0.828 bits per heavy atom. The summed E-state index contributed by atoms with van der Waals surface area (Å²) in [5, 5.41) is 0. The lowest BCUT2D eigenvalue weighted by Crippen LogP contribution is -2.11. The van der Waals surface area contributed by atoms with E-state index in [1.54, 1.807) is 5.56 Å². The Balaban J connectivity index is 1.44. The molecule has 152 valence electrons. The molecule has 0 aliphatic heterocycles. The molecule has 3 rings (SSSR count). The minimum atomic E-state index is 0.691. The van der Waals surface area contributed by atoms with Gasteiger partial charge in [-0.15, -0.1) is 0 Å². The summed E-state index contributed by atoms with van der Waals surface area (Å²) in [6.45, 7) is 4.45. The fourth-order valence-corrected chi connectivity index (χ4v) is 4.31. The second-order valence-corrected chi connectivity index (χ2v) is 8.49. The van der Waals surface area contributed by atoms with E-state index in [4.69, 9.17) is 0 Å². The molecule has 0 heterocycles. The van der Waals surface area contributed by atoms with Crippen molar-refractivity contribution in [1.82, 2.24) is 0 Å². The van der Waals surface area contributed by atoms with Crippen molar-refractivity contribution in [3.63, 3.8) is 0 Å². The summed E-state index contributed by atoms with van der Waals surface area (Å²) in [4.78, 5) is 0. The summed E-state index contributed by atoms with van der Waals surface area (Å²) in [5.74, 6) is 7.92. The van der Waals surface area contributed by atoms with E-state index in [0.717, 1.165) is 17.9 Å². The first-order valence-corrected chi connectivity index (χ1v) is 11.6. The molecule has 0 spiro atoms. The third-order valence-electron chi connectivity index (χ3n) is 6.32. The summed E-state index contributed by atoms with van der Waals surface area (Å²) < 4.78 is 0. The first-order valence-electron chi connectivity index (χ1n) is 11.6. The Labute approximate surface area is 178 Å². The third-order valence-corrected chi connectivity index (χ3v) is 6.32. The van der Waals surface area contributed by atoms with E-state index in [2.05, 4.69) is 86.4 Å². The quantitative estimate of drug-likeness (QED) is 0.336. The van der Waals surface area contributed by atoms with E-state index in [9.17, 15) is 0 Å². The zero-order valence-corrected chi connectivity index (χ0v) is 18.3. The van der Waals surface area contributed by atoms with Gasteiger partial charge >= 0.3 is 0 Å². The second kappa shape index (κ2) is 11.7. The van der Waals surface area contributed by atoms with Gasteiger partial charge in [0.05, 0.1) is 0 Å². The lowest BCUT2D eigenvalue weighted by atomic mass is 9.78. The second-order valence-electron chi connectivity index (χ2n) is 8.49. The highest BCUT2D eigenvalue weighted by Gasteiger charge is 2.20. The zero-order chi connectivity index (χ0) is 20.3. The Hall–Kier alpha value is -2.26. The minimum Gasteiger partial charge on any atom is -0.0730 e. The van der Waals surface area contributed by atoms with E-state index in [-0.39, 0.29) is 0 Å². The molecule has 0 nitrogen and oxygen atoms in total. The topological polar surface area (TPSA) is 0 Å². The van der Waals surface area contributed by atoms with Crippen LogP contribution in [0.5, 0.6) is 0 Å². The monoisotopic (exact) mass is 384 g/mol. The van der Waals surface area contributed by atoms with Crippen LogP contribution in [0, 0.1) is 17.8 Å². The van der Waals surface area contributed by atoms with Gasteiger partial charge in [-0.3, -0.25) is 0 Å². The molecule has 0 unspecified atom stereocenters. The van der Waals surface area contributed by atoms with Gasteiger partial charge in [-0.25, -0.2) is 0 Å². The van der Waals surface area contributed by atoms with Gasteiger partial charge in [-0.1, -0.05) is 81.0 Å². The van der Waals surface area contributed by atoms with E-state index in [1.807, 2.05) is 0 Å². The van der Waals surface area contributed by atoms with Crippen molar-refractivity contribution in [2.24, 2.45) is 5.92 Å². The number of hydrogen-bond donors (Lipinski definition) is 0. The predicted molar refractivity (Wildman–Crippen MR) is 126 cm³/mol. The van der Waals surface area contributed by atoms with Crippen LogP contribution in [0.3, 0.4) is 0 Å². The highest BCUT2D eigenvalue weighted by molar-refractivity contribution is 5.38. The first-order chi connectivity index (χ1) is 14.3. The van der Waals surface area contributed by atoms with Crippen LogP contribution in [-0.2, 0) is 12.8 Å². The molecule has 0 amide bonds. The molecule has 0 heteroatoms. The summed E-state index contributed by atoms with van der Waals surface area (Å²) >= 11 is 0. The Morgan fingerprint density at radius 2 is 1.52 bits per heavy atom. The Morgan fingerprint density at radius 3 is 2.17 bits per heavy atom. The maximum atomic E-state index is 3.26. The van der Waals surface area contributed by atoms with Crippen LogP contribution < -0.4 is 0 Å². The molecule has 1 aliphatic carbocycles. The summed E-state index contributed by atoms with van der Waals surface area (Å²) in [6, 6.07) is 18.1. The molecule has 1 aliphatic rings. The molecule has 2 aromatic rings. The van der Waals surface area contributed by atoms with Crippen molar-refractivity contribution >= 4 is 0 Å². The van der Waals surface area contributed by atoms with Crippen LogP contribution >= 0.6 is 0 Å². The number of hydrogen-bond acceptors (Lipinski definition) is 0. The maximum Gasteiger partial charge on any atom is 0.0249 e. The van der Waals surface area contributed by atoms with Crippen molar-refractivity contribution < 1.29 is 0 Å². The molecule has 0 N–H and O–H groups in total. The number of rotatable bonds is 7. The molecular weight excluding hydrogens is 348 g/mol. The van der Waals surface area contributed by atoms with Gasteiger partial charge in [0.1, 0.15) is 0 Å². The number of benzene rings is 2. The van der Waals surface area contributed by atoms with E-state index in [1.165, 1.54) is 62.5 Å². The number of unbranched alkanes of at least 4 members (excludes halogenated alkanes) is 2. The molecule has 29 heavy (non-hydrogen) atoms. The molecule has 0 bridgehead atoms. The van der Waals surface area contributed by atoms with Crippen LogP contribution in [0.2, 0.25) is 0 Å². The maximum absolute atomic E-state index is 3.26. The SMILES string of the molecule is CCCCCc1ccc([C@H]2CC[C@H](C=CC#Cc3ccc(CC)cc3)CC2)cc1. The predicted octanol–water partition coefficient (Wildman–Crippen LogP) is 7.86. The minimum absolute atomic E-state index is 0.691. The summed E-state index contributed by atoms with van der Waals surface area (Å²) in [6.07, 6.45) is 15.9. The van der Waals surface area contributed by atoms with Crippen LogP contribution in [-0.4, -0.2) is 0 Å². The van der Waals surface area contributed by atoms with Crippen molar-refractivity contribution in [2.45, 2.75) is 77.6 Å². The van der Waals surface area contributed by atoms with E-state index in [0.29, 0.717) is 5.92 Å². The van der Waals surface area contributed by atoms with E-state index >= 15 is 0 Å². The highest BCUT2D eigenvalue weighted by atomic mass is 14.3.